The maximum absolute atomic E-state index is 12.4. The number of aromatic nitrogens is 1. The van der Waals surface area contributed by atoms with Crippen LogP contribution < -0.4 is 9.46 Å². The highest BCUT2D eigenvalue weighted by Crippen LogP contribution is 2.31. The van der Waals surface area contributed by atoms with Crippen molar-refractivity contribution in [2.75, 3.05) is 6.61 Å². The summed E-state index contributed by atoms with van der Waals surface area (Å²) in [5.74, 6) is 0.512. The van der Waals surface area contributed by atoms with Crippen LogP contribution in [0, 0.1) is 0 Å². The van der Waals surface area contributed by atoms with Crippen molar-refractivity contribution in [2.24, 2.45) is 0 Å². The van der Waals surface area contributed by atoms with Gasteiger partial charge in [0.2, 0.25) is 10.0 Å². The first-order valence-corrected chi connectivity index (χ1v) is 8.45. The molecule has 1 aromatic carbocycles. The summed E-state index contributed by atoms with van der Waals surface area (Å²) < 4.78 is 32.8. The van der Waals surface area contributed by atoms with E-state index in [2.05, 4.69) is 9.71 Å². The lowest BCUT2D eigenvalue weighted by Crippen LogP contribution is -2.30. The van der Waals surface area contributed by atoms with Crippen LogP contribution in [0.25, 0.3) is 10.9 Å². The molecule has 0 spiro atoms. The van der Waals surface area contributed by atoms with Crippen LogP contribution in [0.4, 0.5) is 0 Å². The molecule has 0 aliphatic carbocycles. The van der Waals surface area contributed by atoms with Crippen LogP contribution in [0.15, 0.2) is 29.2 Å². The van der Waals surface area contributed by atoms with Crippen LogP contribution in [-0.4, -0.2) is 26.1 Å². The number of halogens is 1. The summed E-state index contributed by atoms with van der Waals surface area (Å²) in [5, 5.41) is 0.772. The van der Waals surface area contributed by atoms with Crippen LogP contribution in [-0.2, 0) is 10.0 Å². The lowest BCUT2D eigenvalue weighted by atomic mass is 10.2. The molecule has 1 aromatic heterocycles. The summed E-state index contributed by atoms with van der Waals surface area (Å²) in [4.78, 5) is 4.36. The molecule has 1 heterocycles. The first-order valence-electron chi connectivity index (χ1n) is 6.59. The minimum absolute atomic E-state index is 0.166. The van der Waals surface area contributed by atoms with E-state index in [1.54, 1.807) is 32.0 Å². The number of nitrogens with zero attached hydrogens (tertiary/aromatic N) is 1. The van der Waals surface area contributed by atoms with Gasteiger partial charge in [0.25, 0.3) is 0 Å². The maximum Gasteiger partial charge on any atom is 0.241 e. The van der Waals surface area contributed by atoms with E-state index < -0.39 is 10.0 Å². The molecule has 0 aliphatic rings. The zero-order valence-corrected chi connectivity index (χ0v) is 13.6. The third-order valence-corrected chi connectivity index (χ3v) is 4.65. The van der Waals surface area contributed by atoms with Crippen LogP contribution in [0.2, 0.25) is 5.15 Å². The number of rotatable bonds is 5. The largest absolute Gasteiger partial charge is 0.492 e. The average molecular weight is 329 g/mol. The number of nitrogens with one attached hydrogen (secondary N) is 1. The predicted molar refractivity (Wildman–Crippen MR) is 83.4 cm³/mol. The van der Waals surface area contributed by atoms with E-state index in [0.717, 1.165) is 0 Å². The Bertz CT molecular complexity index is 760. The molecular weight excluding hydrogens is 312 g/mol. The molecule has 2 rings (SSSR count). The Kier molecular flexibility index (Phi) is 4.70. The smallest absolute Gasteiger partial charge is 0.241 e. The van der Waals surface area contributed by atoms with Crippen molar-refractivity contribution in [1.29, 1.82) is 0 Å². The number of sulfonamides is 1. The zero-order valence-electron chi connectivity index (χ0n) is 12.1. The van der Waals surface area contributed by atoms with E-state index in [1.165, 1.54) is 6.07 Å². The zero-order chi connectivity index (χ0) is 15.6. The maximum atomic E-state index is 12.4. The van der Waals surface area contributed by atoms with Crippen LogP contribution >= 0.6 is 11.6 Å². The average Bonchev–Trinajstić information content (AvgIpc) is 2.37. The molecule has 2 aromatic rings. The number of pyridine rings is 1. The number of hydrogen-bond acceptors (Lipinski definition) is 4. The van der Waals surface area contributed by atoms with Crippen LogP contribution in [0.5, 0.6) is 5.75 Å². The minimum Gasteiger partial charge on any atom is -0.492 e. The Hall–Kier alpha value is -1.37. The topological polar surface area (TPSA) is 68.3 Å². The van der Waals surface area contributed by atoms with Gasteiger partial charge < -0.3 is 4.74 Å². The van der Waals surface area contributed by atoms with Gasteiger partial charge in [0.05, 0.1) is 11.5 Å². The first kappa shape index (κ1) is 16.0. The number of hydrogen-bond donors (Lipinski definition) is 1. The van der Waals surface area contributed by atoms with Crippen molar-refractivity contribution < 1.29 is 13.2 Å². The molecule has 0 atom stereocenters. The summed E-state index contributed by atoms with van der Waals surface area (Å²) in [7, 11) is -3.62. The highest BCUT2D eigenvalue weighted by atomic mass is 35.5. The van der Waals surface area contributed by atoms with Crippen molar-refractivity contribution in [3.8, 4) is 5.75 Å². The third-order valence-electron chi connectivity index (χ3n) is 2.73. The second-order valence-corrected chi connectivity index (χ2v) is 6.87. The van der Waals surface area contributed by atoms with E-state index in [-0.39, 0.29) is 16.1 Å². The Balaban J connectivity index is 2.70. The summed E-state index contributed by atoms with van der Waals surface area (Å²) in [6, 6.07) is 6.13. The normalized spacial score (nSPS) is 12.0. The van der Waals surface area contributed by atoms with Gasteiger partial charge in [-0.15, -0.1) is 0 Å². The Morgan fingerprint density at radius 3 is 2.62 bits per heavy atom. The third kappa shape index (κ3) is 3.45. The van der Waals surface area contributed by atoms with Crippen molar-refractivity contribution in [1.82, 2.24) is 9.71 Å². The number of ether oxygens (including phenoxy) is 1. The molecule has 0 unspecified atom stereocenters. The van der Waals surface area contributed by atoms with Gasteiger partial charge in [0.15, 0.2) is 0 Å². The van der Waals surface area contributed by atoms with Gasteiger partial charge >= 0.3 is 0 Å². The van der Waals surface area contributed by atoms with Gasteiger partial charge in [-0.05, 0) is 45.0 Å². The minimum atomic E-state index is -3.62. The first-order chi connectivity index (χ1) is 9.85. The van der Waals surface area contributed by atoms with E-state index in [4.69, 9.17) is 16.3 Å². The summed E-state index contributed by atoms with van der Waals surface area (Å²) >= 11 is 5.91. The molecule has 0 radical (unpaired) electrons. The van der Waals surface area contributed by atoms with Gasteiger partial charge in [-0.2, -0.15) is 0 Å². The van der Waals surface area contributed by atoms with Crippen LogP contribution in [0.1, 0.15) is 20.8 Å². The van der Waals surface area contributed by atoms with Gasteiger partial charge in [-0.1, -0.05) is 11.6 Å². The summed E-state index contributed by atoms with van der Waals surface area (Å²) in [6.45, 7) is 5.84. The quantitative estimate of drug-likeness (QED) is 0.857. The van der Waals surface area contributed by atoms with Gasteiger partial charge in [0, 0.05) is 11.4 Å². The number of fused-ring (bicyclic) bond motifs is 1. The molecule has 1 N–H and O–H groups in total. The monoisotopic (exact) mass is 328 g/mol. The lowest BCUT2D eigenvalue weighted by Gasteiger charge is -2.14. The molecule has 0 aliphatic heterocycles. The van der Waals surface area contributed by atoms with Crippen molar-refractivity contribution in [3.05, 3.63) is 29.4 Å². The van der Waals surface area contributed by atoms with E-state index in [0.29, 0.717) is 23.3 Å². The molecule has 114 valence electrons. The van der Waals surface area contributed by atoms with Crippen molar-refractivity contribution in [3.63, 3.8) is 0 Å². The highest BCUT2D eigenvalue weighted by Gasteiger charge is 2.20. The molecule has 21 heavy (non-hydrogen) atoms. The Labute approximate surface area is 129 Å². The molecule has 0 bridgehead atoms. The second-order valence-electron chi connectivity index (χ2n) is 4.80. The lowest BCUT2D eigenvalue weighted by molar-refractivity contribution is 0.343. The fourth-order valence-corrected chi connectivity index (χ4v) is 3.62. The van der Waals surface area contributed by atoms with Gasteiger partial charge in [-0.25, -0.2) is 18.1 Å². The molecule has 7 heteroatoms. The summed E-state index contributed by atoms with van der Waals surface area (Å²) in [5.41, 5.74) is 0.441. The Morgan fingerprint density at radius 2 is 2.00 bits per heavy atom. The fraction of sp³-hybridized carbons (Fsp3) is 0.357. The molecule has 5 nitrogen and oxygen atoms in total. The fourth-order valence-electron chi connectivity index (χ4n) is 2.02. The van der Waals surface area contributed by atoms with Gasteiger partial charge in [-0.3, -0.25) is 0 Å². The molecular formula is C14H17ClN2O3S. The molecule has 0 amide bonds. The molecule has 0 saturated carbocycles. The standard InChI is InChI=1S/C14H17ClN2O3S/c1-4-20-11-6-7-12(21(18,19)17-9(2)3)10-5-8-13(15)16-14(10)11/h5-9,17H,4H2,1-3H3. The van der Waals surface area contributed by atoms with Crippen molar-refractivity contribution >= 4 is 32.5 Å². The molecule has 0 saturated heterocycles. The molecule has 0 fully saturated rings. The van der Waals surface area contributed by atoms with E-state index >= 15 is 0 Å². The SMILES string of the molecule is CCOc1ccc(S(=O)(=O)NC(C)C)c2ccc(Cl)nc12. The highest BCUT2D eigenvalue weighted by molar-refractivity contribution is 7.89. The van der Waals surface area contributed by atoms with Crippen molar-refractivity contribution in [2.45, 2.75) is 31.7 Å². The van der Waals surface area contributed by atoms with E-state index in [9.17, 15) is 8.42 Å². The van der Waals surface area contributed by atoms with E-state index in [1.807, 2.05) is 6.92 Å². The van der Waals surface area contributed by atoms with Gasteiger partial charge in [0.1, 0.15) is 16.4 Å². The Morgan fingerprint density at radius 1 is 1.29 bits per heavy atom. The predicted octanol–water partition coefficient (Wildman–Crippen LogP) is 2.97. The summed E-state index contributed by atoms with van der Waals surface area (Å²) in [6.07, 6.45) is 0. The number of benzene rings is 1. The second kappa shape index (κ2) is 6.17. The van der Waals surface area contributed by atoms with Crippen LogP contribution in [0.3, 0.4) is 0 Å².